The molecule has 0 bridgehead atoms. The Kier molecular flexibility index (Phi) is 5.70. The number of ether oxygens (including phenoxy) is 1. The molecule has 2 aromatic carbocycles. The fraction of sp³-hybridized carbons (Fsp3) is 0.292. The Morgan fingerprint density at radius 1 is 1.03 bits per heavy atom. The van der Waals surface area contributed by atoms with Gasteiger partial charge in [0.05, 0.1) is 0 Å². The van der Waals surface area contributed by atoms with Crippen LogP contribution >= 0.6 is 0 Å². The van der Waals surface area contributed by atoms with E-state index in [1.165, 1.54) is 4.90 Å². The SMILES string of the molecule is O=C(O)CCC1CN(C(=O)c2nonc2NC(=O)OCC2c3ccccc3-c3ccccc32)C1. The van der Waals surface area contributed by atoms with E-state index in [-0.39, 0.29) is 36.4 Å². The van der Waals surface area contributed by atoms with Crippen LogP contribution in [0.25, 0.3) is 11.1 Å². The number of carbonyl (C=O) groups excluding carboxylic acids is 2. The summed E-state index contributed by atoms with van der Waals surface area (Å²) in [5.41, 5.74) is 4.30. The van der Waals surface area contributed by atoms with Gasteiger partial charge in [0, 0.05) is 25.4 Å². The molecule has 1 aliphatic heterocycles. The third-order valence-corrected chi connectivity index (χ3v) is 6.27. The van der Waals surface area contributed by atoms with Crippen LogP contribution in [-0.4, -0.2) is 58.0 Å². The van der Waals surface area contributed by atoms with Crippen molar-refractivity contribution in [3.05, 3.63) is 65.4 Å². The lowest BCUT2D eigenvalue weighted by Crippen LogP contribution is -2.50. The van der Waals surface area contributed by atoms with Gasteiger partial charge >= 0.3 is 12.1 Å². The summed E-state index contributed by atoms with van der Waals surface area (Å²) in [5, 5.41) is 18.5. The van der Waals surface area contributed by atoms with Crippen molar-refractivity contribution in [2.75, 3.05) is 25.0 Å². The van der Waals surface area contributed by atoms with Crippen molar-refractivity contribution in [1.29, 1.82) is 0 Å². The number of benzene rings is 2. The zero-order valence-electron chi connectivity index (χ0n) is 18.1. The first kappa shape index (κ1) is 21.6. The predicted molar refractivity (Wildman–Crippen MR) is 119 cm³/mol. The van der Waals surface area contributed by atoms with E-state index in [1.807, 2.05) is 36.4 Å². The number of aliphatic carboxylic acids is 1. The molecule has 1 fully saturated rings. The molecule has 0 unspecified atom stereocenters. The number of fused-ring (bicyclic) bond motifs is 3. The maximum Gasteiger partial charge on any atom is 0.412 e. The van der Waals surface area contributed by atoms with E-state index in [0.717, 1.165) is 22.3 Å². The molecule has 10 nitrogen and oxygen atoms in total. The molecule has 0 atom stereocenters. The maximum atomic E-state index is 12.7. The Morgan fingerprint density at radius 2 is 1.68 bits per heavy atom. The van der Waals surface area contributed by atoms with Gasteiger partial charge in [-0.25, -0.2) is 9.42 Å². The van der Waals surface area contributed by atoms with Gasteiger partial charge in [0.2, 0.25) is 11.5 Å². The van der Waals surface area contributed by atoms with Gasteiger partial charge < -0.3 is 14.7 Å². The summed E-state index contributed by atoms with van der Waals surface area (Å²) in [7, 11) is 0. The smallest absolute Gasteiger partial charge is 0.412 e. The van der Waals surface area contributed by atoms with Crippen LogP contribution in [0.5, 0.6) is 0 Å². The molecule has 0 saturated carbocycles. The van der Waals surface area contributed by atoms with Crippen LogP contribution in [0.15, 0.2) is 53.2 Å². The van der Waals surface area contributed by atoms with Crippen molar-refractivity contribution >= 4 is 23.8 Å². The van der Waals surface area contributed by atoms with Crippen LogP contribution in [-0.2, 0) is 9.53 Å². The molecule has 2 amide bonds. The molecule has 2 aliphatic rings. The van der Waals surface area contributed by atoms with Crippen molar-refractivity contribution in [3.63, 3.8) is 0 Å². The number of amides is 2. The fourth-order valence-corrected chi connectivity index (χ4v) is 4.54. The number of anilines is 1. The van der Waals surface area contributed by atoms with Crippen LogP contribution in [0, 0.1) is 5.92 Å². The number of likely N-dealkylation sites (tertiary alicyclic amines) is 1. The molecule has 2 N–H and O–H groups in total. The highest BCUT2D eigenvalue weighted by molar-refractivity contribution is 6.00. The van der Waals surface area contributed by atoms with Crippen LogP contribution in [0.4, 0.5) is 10.6 Å². The number of rotatable bonds is 7. The highest BCUT2D eigenvalue weighted by atomic mass is 16.6. The minimum atomic E-state index is -0.861. The zero-order chi connectivity index (χ0) is 23.7. The van der Waals surface area contributed by atoms with Gasteiger partial charge in [0.25, 0.3) is 5.91 Å². The van der Waals surface area contributed by atoms with Crippen LogP contribution in [0.3, 0.4) is 0 Å². The molecule has 0 radical (unpaired) electrons. The Labute approximate surface area is 194 Å². The number of carboxylic acid groups (broad SMARTS) is 1. The highest BCUT2D eigenvalue weighted by Gasteiger charge is 2.35. The first-order valence-corrected chi connectivity index (χ1v) is 11.0. The number of hydrogen-bond acceptors (Lipinski definition) is 7. The number of carbonyl (C=O) groups is 3. The molecule has 0 spiro atoms. The predicted octanol–water partition coefficient (Wildman–Crippen LogP) is 3.37. The molecule has 10 heteroatoms. The van der Waals surface area contributed by atoms with Gasteiger partial charge in [-0.2, -0.15) is 0 Å². The molecule has 1 aliphatic carbocycles. The molecule has 2 heterocycles. The molecule has 174 valence electrons. The molecule has 34 heavy (non-hydrogen) atoms. The Morgan fingerprint density at radius 3 is 2.32 bits per heavy atom. The molecule has 1 aromatic heterocycles. The molecular formula is C24H22N4O6. The minimum Gasteiger partial charge on any atom is -0.481 e. The third-order valence-electron chi connectivity index (χ3n) is 6.27. The Hall–Kier alpha value is -4.21. The summed E-state index contributed by atoms with van der Waals surface area (Å²) in [4.78, 5) is 37.4. The first-order chi connectivity index (χ1) is 16.5. The van der Waals surface area contributed by atoms with E-state index in [9.17, 15) is 14.4 Å². The summed E-state index contributed by atoms with van der Waals surface area (Å²) in [5.74, 6) is -1.39. The van der Waals surface area contributed by atoms with Crippen LogP contribution in [0.1, 0.15) is 40.4 Å². The average molecular weight is 462 g/mol. The van der Waals surface area contributed by atoms with Gasteiger partial charge in [-0.15, -0.1) is 0 Å². The van der Waals surface area contributed by atoms with Crippen molar-refractivity contribution in [1.82, 2.24) is 15.2 Å². The van der Waals surface area contributed by atoms with Crippen LogP contribution in [0.2, 0.25) is 0 Å². The largest absolute Gasteiger partial charge is 0.481 e. The number of hydrogen-bond donors (Lipinski definition) is 2. The van der Waals surface area contributed by atoms with E-state index < -0.39 is 18.0 Å². The third kappa shape index (κ3) is 4.09. The molecule has 1 saturated heterocycles. The number of carboxylic acids is 1. The van der Waals surface area contributed by atoms with Gasteiger partial charge in [0.1, 0.15) is 6.61 Å². The highest BCUT2D eigenvalue weighted by Crippen LogP contribution is 2.44. The molecule has 3 aromatic rings. The maximum absolute atomic E-state index is 12.7. The fourth-order valence-electron chi connectivity index (χ4n) is 4.54. The van der Waals surface area contributed by atoms with Crippen molar-refractivity contribution in [2.45, 2.75) is 18.8 Å². The lowest BCUT2D eigenvalue weighted by molar-refractivity contribution is -0.137. The van der Waals surface area contributed by atoms with E-state index in [0.29, 0.717) is 19.5 Å². The average Bonchev–Trinajstić information content (AvgIpc) is 3.39. The normalized spacial score (nSPS) is 14.8. The lowest BCUT2D eigenvalue weighted by atomic mass is 9.94. The van der Waals surface area contributed by atoms with E-state index >= 15 is 0 Å². The standard InChI is InChI=1S/C24H22N4O6/c29-20(30)10-9-14-11-28(12-14)23(31)21-22(27-34-26-21)25-24(32)33-13-19-17-7-3-1-5-15(17)16-6-2-4-8-18(16)19/h1-8,14,19H,9-13H2,(H,29,30)(H,25,27,32). The van der Waals surface area contributed by atoms with Gasteiger partial charge in [0.15, 0.2) is 0 Å². The first-order valence-electron chi connectivity index (χ1n) is 11.0. The second-order valence-electron chi connectivity index (χ2n) is 8.42. The summed E-state index contributed by atoms with van der Waals surface area (Å²) >= 11 is 0. The summed E-state index contributed by atoms with van der Waals surface area (Å²) in [6.07, 6.45) is -0.206. The number of aromatic nitrogens is 2. The Bertz CT molecular complexity index is 1200. The van der Waals surface area contributed by atoms with Crippen molar-refractivity contribution in [2.24, 2.45) is 5.92 Å². The van der Waals surface area contributed by atoms with E-state index in [2.05, 4.69) is 32.4 Å². The summed E-state index contributed by atoms with van der Waals surface area (Å²) in [6.45, 7) is 0.957. The monoisotopic (exact) mass is 462 g/mol. The van der Waals surface area contributed by atoms with Crippen molar-refractivity contribution in [3.8, 4) is 11.1 Å². The van der Waals surface area contributed by atoms with Crippen molar-refractivity contribution < 1.29 is 28.9 Å². The van der Waals surface area contributed by atoms with Gasteiger partial charge in [-0.1, -0.05) is 48.5 Å². The van der Waals surface area contributed by atoms with Gasteiger partial charge in [-0.3, -0.25) is 14.9 Å². The Balaban J connectivity index is 1.19. The molecular weight excluding hydrogens is 440 g/mol. The second-order valence-corrected chi connectivity index (χ2v) is 8.42. The summed E-state index contributed by atoms with van der Waals surface area (Å²) in [6, 6.07) is 16.0. The van der Waals surface area contributed by atoms with Gasteiger partial charge in [-0.05, 0) is 44.9 Å². The quantitative estimate of drug-likeness (QED) is 0.546. The lowest BCUT2D eigenvalue weighted by Gasteiger charge is -2.38. The topological polar surface area (TPSA) is 135 Å². The zero-order valence-corrected chi connectivity index (χ0v) is 18.1. The molecule has 5 rings (SSSR count). The number of nitrogens with zero attached hydrogens (tertiary/aromatic N) is 3. The van der Waals surface area contributed by atoms with E-state index in [4.69, 9.17) is 9.84 Å². The van der Waals surface area contributed by atoms with E-state index in [1.54, 1.807) is 0 Å². The van der Waals surface area contributed by atoms with Crippen LogP contribution < -0.4 is 5.32 Å². The second kappa shape index (κ2) is 8.97. The summed E-state index contributed by atoms with van der Waals surface area (Å²) < 4.78 is 10.1. The minimum absolute atomic E-state index is 0.0623. The number of nitrogens with one attached hydrogen (secondary N) is 1.